The van der Waals surface area contributed by atoms with E-state index in [4.69, 9.17) is 9.15 Å². The Balaban J connectivity index is 1.69. The van der Waals surface area contributed by atoms with Crippen molar-refractivity contribution in [3.63, 3.8) is 0 Å². The normalized spacial score (nSPS) is 11.2. The van der Waals surface area contributed by atoms with Crippen LogP contribution in [0.5, 0.6) is 5.75 Å². The molecule has 2 aromatic heterocycles. The summed E-state index contributed by atoms with van der Waals surface area (Å²) in [6, 6.07) is 12.9. The molecular weight excluding hydrogens is 396 g/mol. The third-order valence-electron chi connectivity index (χ3n) is 5.43. The Morgan fingerprint density at radius 2 is 1.97 bits per heavy atom. The molecule has 7 heteroatoms. The predicted molar refractivity (Wildman–Crippen MR) is 119 cm³/mol. The fourth-order valence-corrected chi connectivity index (χ4v) is 3.73. The number of aromatic amines is 1. The van der Waals surface area contributed by atoms with E-state index in [0.717, 1.165) is 21.9 Å². The van der Waals surface area contributed by atoms with Crippen LogP contribution in [0.1, 0.15) is 27.2 Å². The second-order valence-corrected chi connectivity index (χ2v) is 7.58. The van der Waals surface area contributed by atoms with Crippen LogP contribution in [0.15, 0.2) is 51.7 Å². The number of fused-ring (bicyclic) bond motifs is 2. The summed E-state index contributed by atoms with van der Waals surface area (Å²) in [5.41, 5.74) is 3.22. The molecule has 0 saturated heterocycles. The summed E-state index contributed by atoms with van der Waals surface area (Å²) in [5, 5.41) is 11.2. The zero-order valence-electron chi connectivity index (χ0n) is 17.7. The minimum absolute atomic E-state index is 0.0478. The average Bonchev–Trinajstić information content (AvgIpc) is 3.08. The van der Waals surface area contributed by atoms with Crippen LogP contribution in [0, 0.1) is 13.8 Å². The van der Waals surface area contributed by atoms with Crippen molar-refractivity contribution >= 4 is 27.8 Å². The molecule has 0 fully saturated rings. The number of carbonyl (C=O) groups excluding carboxylic acids is 1. The lowest BCUT2D eigenvalue weighted by Crippen LogP contribution is -2.35. The summed E-state index contributed by atoms with van der Waals surface area (Å²) in [6.07, 6.45) is 0. The van der Waals surface area contributed by atoms with Crippen molar-refractivity contribution in [3.8, 4) is 5.75 Å². The van der Waals surface area contributed by atoms with Crippen LogP contribution in [0.2, 0.25) is 0 Å². The summed E-state index contributed by atoms with van der Waals surface area (Å²) in [5.74, 6) is 0.495. The number of benzene rings is 2. The molecule has 0 unspecified atom stereocenters. The quantitative estimate of drug-likeness (QED) is 0.497. The number of methoxy groups -OCH3 is 1. The third kappa shape index (κ3) is 3.92. The molecule has 0 saturated carbocycles. The molecule has 31 heavy (non-hydrogen) atoms. The topological polar surface area (TPSA) is 95.8 Å². The highest BCUT2D eigenvalue weighted by Gasteiger charge is 2.24. The molecule has 0 atom stereocenters. The molecule has 0 aliphatic heterocycles. The molecule has 160 valence electrons. The van der Waals surface area contributed by atoms with Gasteiger partial charge in [-0.1, -0.05) is 11.6 Å². The molecule has 0 aliphatic carbocycles. The number of aliphatic hydroxyl groups excluding tert-OH is 1. The van der Waals surface area contributed by atoms with Gasteiger partial charge < -0.3 is 24.1 Å². The first-order chi connectivity index (χ1) is 14.9. The number of furan rings is 1. The van der Waals surface area contributed by atoms with Gasteiger partial charge in [0.2, 0.25) is 0 Å². The maximum Gasteiger partial charge on any atom is 0.290 e. The van der Waals surface area contributed by atoms with Gasteiger partial charge in [0.25, 0.3) is 11.5 Å². The fraction of sp³-hybridized carbons (Fsp3) is 0.250. The number of nitrogens with zero attached hydrogens (tertiary/aromatic N) is 1. The van der Waals surface area contributed by atoms with E-state index in [0.29, 0.717) is 22.4 Å². The van der Waals surface area contributed by atoms with Gasteiger partial charge >= 0.3 is 0 Å². The molecule has 4 aromatic rings. The number of hydrogen-bond donors (Lipinski definition) is 2. The van der Waals surface area contributed by atoms with E-state index in [9.17, 15) is 14.7 Å². The summed E-state index contributed by atoms with van der Waals surface area (Å²) < 4.78 is 11.0. The lowest BCUT2D eigenvalue weighted by Gasteiger charge is -2.21. The molecule has 0 bridgehead atoms. The molecule has 0 spiro atoms. The molecule has 2 heterocycles. The monoisotopic (exact) mass is 420 g/mol. The minimum atomic E-state index is -0.366. The van der Waals surface area contributed by atoms with Gasteiger partial charge in [-0.3, -0.25) is 9.59 Å². The third-order valence-corrected chi connectivity index (χ3v) is 5.43. The second kappa shape index (κ2) is 8.28. The number of amides is 1. The molecule has 2 N–H and O–H groups in total. The Bertz CT molecular complexity index is 1340. The van der Waals surface area contributed by atoms with E-state index in [1.807, 2.05) is 38.1 Å². The maximum atomic E-state index is 13.3. The highest BCUT2D eigenvalue weighted by molar-refractivity contribution is 5.99. The molecule has 4 rings (SSSR count). The van der Waals surface area contributed by atoms with Gasteiger partial charge in [0.15, 0.2) is 5.76 Å². The van der Waals surface area contributed by atoms with Crippen molar-refractivity contribution in [1.29, 1.82) is 0 Å². The van der Waals surface area contributed by atoms with Gasteiger partial charge in [-0.25, -0.2) is 0 Å². The number of aliphatic hydroxyl groups is 1. The van der Waals surface area contributed by atoms with E-state index >= 15 is 0 Å². The van der Waals surface area contributed by atoms with Crippen LogP contribution in [0.25, 0.3) is 21.9 Å². The van der Waals surface area contributed by atoms with E-state index in [1.54, 1.807) is 25.3 Å². The number of H-pyrrole nitrogens is 1. The maximum absolute atomic E-state index is 13.3. The molecular formula is C24H24N2O5. The van der Waals surface area contributed by atoms with Gasteiger partial charge in [0.05, 0.1) is 25.8 Å². The van der Waals surface area contributed by atoms with Gasteiger partial charge in [0.1, 0.15) is 11.3 Å². The standard InChI is InChI=1S/C24H24N2O5/c1-14-4-7-21-19(10-14)15(2)22(31-21)24(29)26(8-9-27)13-17-11-16-5-6-18(30-3)12-20(16)25-23(17)28/h4-7,10-12,27H,8-9,13H2,1-3H3,(H,25,28). The zero-order valence-corrected chi connectivity index (χ0v) is 17.7. The molecule has 7 nitrogen and oxygen atoms in total. The summed E-state index contributed by atoms with van der Waals surface area (Å²) in [7, 11) is 1.56. The number of nitrogens with one attached hydrogen (secondary N) is 1. The SMILES string of the molecule is COc1ccc2cc(CN(CCO)C(=O)c3oc4ccc(C)cc4c3C)c(=O)[nH]c2c1. The van der Waals surface area contributed by atoms with Crippen LogP contribution in [0.4, 0.5) is 0 Å². The average molecular weight is 420 g/mol. The van der Waals surface area contributed by atoms with Crippen molar-refractivity contribution in [1.82, 2.24) is 9.88 Å². The molecule has 0 radical (unpaired) electrons. The number of hydrogen-bond acceptors (Lipinski definition) is 5. The second-order valence-electron chi connectivity index (χ2n) is 7.58. The number of pyridine rings is 1. The van der Waals surface area contributed by atoms with Crippen LogP contribution >= 0.6 is 0 Å². The first-order valence-corrected chi connectivity index (χ1v) is 10.0. The van der Waals surface area contributed by atoms with Crippen LogP contribution in [-0.2, 0) is 6.54 Å². The molecule has 0 aliphatic rings. The predicted octanol–water partition coefficient (Wildman–Crippen LogP) is 3.53. The van der Waals surface area contributed by atoms with Gasteiger partial charge in [-0.15, -0.1) is 0 Å². The number of rotatable bonds is 6. The van der Waals surface area contributed by atoms with Crippen molar-refractivity contribution < 1.29 is 19.1 Å². The van der Waals surface area contributed by atoms with Gasteiger partial charge in [-0.2, -0.15) is 0 Å². The van der Waals surface area contributed by atoms with Crippen molar-refractivity contribution in [2.24, 2.45) is 0 Å². The van der Waals surface area contributed by atoms with E-state index < -0.39 is 0 Å². The lowest BCUT2D eigenvalue weighted by molar-refractivity contribution is 0.0676. The number of aryl methyl sites for hydroxylation is 2. The highest BCUT2D eigenvalue weighted by atomic mass is 16.5. The zero-order chi connectivity index (χ0) is 22.1. The fourth-order valence-electron chi connectivity index (χ4n) is 3.73. The number of ether oxygens (including phenoxy) is 1. The van der Waals surface area contributed by atoms with Crippen LogP contribution in [-0.4, -0.2) is 41.2 Å². The summed E-state index contributed by atoms with van der Waals surface area (Å²) in [6.45, 7) is 3.71. The lowest BCUT2D eigenvalue weighted by atomic mass is 10.1. The first-order valence-electron chi connectivity index (χ1n) is 10.0. The Morgan fingerprint density at radius 3 is 2.71 bits per heavy atom. The van der Waals surface area contributed by atoms with Gasteiger partial charge in [0, 0.05) is 29.1 Å². The Morgan fingerprint density at radius 1 is 1.16 bits per heavy atom. The van der Waals surface area contributed by atoms with E-state index in [2.05, 4.69) is 4.98 Å². The molecule has 2 aromatic carbocycles. The van der Waals surface area contributed by atoms with E-state index in [1.165, 1.54) is 4.90 Å². The largest absolute Gasteiger partial charge is 0.497 e. The van der Waals surface area contributed by atoms with E-state index in [-0.39, 0.29) is 36.9 Å². The van der Waals surface area contributed by atoms with Crippen LogP contribution < -0.4 is 10.3 Å². The smallest absolute Gasteiger partial charge is 0.290 e. The summed E-state index contributed by atoms with van der Waals surface area (Å²) >= 11 is 0. The highest BCUT2D eigenvalue weighted by Crippen LogP contribution is 2.27. The Labute approximate surface area is 178 Å². The van der Waals surface area contributed by atoms with Crippen molar-refractivity contribution in [2.45, 2.75) is 20.4 Å². The van der Waals surface area contributed by atoms with Crippen molar-refractivity contribution in [3.05, 3.63) is 75.3 Å². The Hall–Kier alpha value is -3.58. The minimum Gasteiger partial charge on any atom is -0.497 e. The summed E-state index contributed by atoms with van der Waals surface area (Å²) in [4.78, 5) is 30.2. The van der Waals surface area contributed by atoms with Gasteiger partial charge in [-0.05, 0) is 49.6 Å². The Kier molecular flexibility index (Phi) is 5.52. The van der Waals surface area contributed by atoms with Crippen LogP contribution in [0.3, 0.4) is 0 Å². The number of aromatic nitrogens is 1. The first kappa shape index (κ1) is 20.7. The molecule has 1 amide bonds. The number of carbonyl (C=O) groups is 1. The van der Waals surface area contributed by atoms with Crippen molar-refractivity contribution in [2.75, 3.05) is 20.3 Å².